The molecular weight excluding hydrogens is 296 g/mol. The fraction of sp³-hybridized carbons (Fsp3) is 0.176. The van der Waals surface area contributed by atoms with Crippen LogP contribution in [0.15, 0.2) is 36.4 Å². The summed E-state index contributed by atoms with van der Waals surface area (Å²) in [5.41, 5.74) is 3.54. The topological polar surface area (TPSA) is 51.2 Å². The molecule has 0 saturated carbocycles. The number of thiazole rings is 1. The number of ether oxygens (including phenoxy) is 1. The van der Waals surface area contributed by atoms with E-state index in [0.29, 0.717) is 16.4 Å². The predicted octanol–water partition coefficient (Wildman–Crippen LogP) is 4.17. The van der Waals surface area contributed by atoms with Crippen molar-refractivity contribution < 1.29 is 9.53 Å². The predicted molar refractivity (Wildman–Crippen MR) is 90.0 cm³/mol. The summed E-state index contributed by atoms with van der Waals surface area (Å²) in [4.78, 5) is 16.8. The van der Waals surface area contributed by atoms with Crippen LogP contribution in [0, 0.1) is 13.8 Å². The number of hydrogen-bond acceptors (Lipinski definition) is 4. The van der Waals surface area contributed by atoms with Gasteiger partial charge in [0.2, 0.25) is 0 Å². The van der Waals surface area contributed by atoms with Crippen LogP contribution in [0.25, 0.3) is 10.2 Å². The van der Waals surface area contributed by atoms with E-state index in [1.165, 1.54) is 11.3 Å². The molecule has 22 heavy (non-hydrogen) atoms. The molecule has 0 saturated heterocycles. The molecule has 0 aliphatic rings. The van der Waals surface area contributed by atoms with E-state index in [1.807, 2.05) is 50.2 Å². The standard InChI is InChI=1S/C17H16N2O2S/c1-10-7-11(2)9-12(8-10)16(20)19-17-18-15-13(21-3)5-4-6-14(15)22-17/h4-9H,1-3H3,(H,18,19,20). The van der Waals surface area contributed by atoms with Gasteiger partial charge in [0.25, 0.3) is 5.91 Å². The molecule has 0 aliphatic carbocycles. The first-order chi connectivity index (χ1) is 10.6. The average molecular weight is 312 g/mol. The van der Waals surface area contributed by atoms with Gasteiger partial charge < -0.3 is 4.74 Å². The van der Waals surface area contributed by atoms with E-state index < -0.39 is 0 Å². The number of para-hydroxylation sites is 1. The Morgan fingerprint density at radius 2 is 1.91 bits per heavy atom. The zero-order valence-electron chi connectivity index (χ0n) is 12.6. The molecule has 0 aliphatic heterocycles. The first-order valence-corrected chi connectivity index (χ1v) is 7.71. The number of nitrogens with zero attached hydrogens (tertiary/aromatic N) is 1. The fourth-order valence-corrected chi connectivity index (χ4v) is 3.29. The number of nitrogens with one attached hydrogen (secondary N) is 1. The zero-order chi connectivity index (χ0) is 15.7. The molecule has 112 valence electrons. The lowest BCUT2D eigenvalue weighted by Crippen LogP contribution is -2.12. The van der Waals surface area contributed by atoms with Gasteiger partial charge in [0.1, 0.15) is 11.3 Å². The van der Waals surface area contributed by atoms with Crippen molar-refractivity contribution in [2.45, 2.75) is 13.8 Å². The van der Waals surface area contributed by atoms with Gasteiger partial charge in [0.05, 0.1) is 11.8 Å². The van der Waals surface area contributed by atoms with E-state index in [0.717, 1.165) is 21.3 Å². The van der Waals surface area contributed by atoms with Gasteiger partial charge in [-0.15, -0.1) is 0 Å². The van der Waals surface area contributed by atoms with Crippen molar-refractivity contribution >= 4 is 32.6 Å². The highest BCUT2D eigenvalue weighted by molar-refractivity contribution is 7.22. The van der Waals surface area contributed by atoms with E-state index in [-0.39, 0.29) is 5.91 Å². The quantitative estimate of drug-likeness (QED) is 0.789. The van der Waals surface area contributed by atoms with E-state index in [2.05, 4.69) is 10.3 Å². The molecule has 1 amide bonds. The van der Waals surface area contributed by atoms with Crippen molar-refractivity contribution in [3.63, 3.8) is 0 Å². The second-order valence-corrected chi connectivity index (χ2v) is 6.19. The summed E-state index contributed by atoms with van der Waals surface area (Å²) in [7, 11) is 1.61. The molecule has 0 bridgehead atoms. The number of aromatic nitrogens is 1. The van der Waals surface area contributed by atoms with Gasteiger partial charge >= 0.3 is 0 Å². The second kappa shape index (κ2) is 5.77. The van der Waals surface area contributed by atoms with Crippen LogP contribution >= 0.6 is 11.3 Å². The number of benzene rings is 2. The molecule has 0 atom stereocenters. The molecule has 4 nitrogen and oxygen atoms in total. The summed E-state index contributed by atoms with van der Waals surface area (Å²) >= 11 is 1.44. The molecule has 0 fully saturated rings. The number of rotatable bonds is 3. The van der Waals surface area contributed by atoms with Crippen LogP contribution < -0.4 is 10.1 Å². The van der Waals surface area contributed by atoms with Gasteiger partial charge in [-0.3, -0.25) is 10.1 Å². The van der Waals surface area contributed by atoms with Gasteiger partial charge in [-0.1, -0.05) is 34.6 Å². The number of aryl methyl sites for hydroxylation is 2. The Bertz CT molecular complexity index is 835. The van der Waals surface area contributed by atoms with Crippen molar-refractivity contribution in [1.29, 1.82) is 0 Å². The van der Waals surface area contributed by atoms with Crippen molar-refractivity contribution in [1.82, 2.24) is 4.98 Å². The molecule has 3 aromatic rings. The van der Waals surface area contributed by atoms with E-state index in [9.17, 15) is 4.79 Å². The summed E-state index contributed by atoms with van der Waals surface area (Å²) in [6, 6.07) is 11.5. The van der Waals surface area contributed by atoms with E-state index in [1.54, 1.807) is 7.11 Å². The van der Waals surface area contributed by atoms with E-state index >= 15 is 0 Å². The Morgan fingerprint density at radius 1 is 1.18 bits per heavy atom. The summed E-state index contributed by atoms with van der Waals surface area (Å²) in [6.07, 6.45) is 0. The highest BCUT2D eigenvalue weighted by atomic mass is 32.1. The van der Waals surface area contributed by atoms with Crippen LogP contribution in [0.3, 0.4) is 0 Å². The summed E-state index contributed by atoms with van der Waals surface area (Å²) < 4.78 is 6.27. The molecule has 0 unspecified atom stereocenters. The highest BCUT2D eigenvalue weighted by Crippen LogP contribution is 2.32. The third kappa shape index (κ3) is 2.80. The van der Waals surface area contributed by atoms with Crippen molar-refractivity contribution in [3.05, 3.63) is 53.1 Å². The summed E-state index contributed by atoms with van der Waals surface area (Å²) in [5.74, 6) is 0.561. The number of methoxy groups -OCH3 is 1. The maximum atomic E-state index is 12.4. The molecule has 1 heterocycles. The number of anilines is 1. The highest BCUT2D eigenvalue weighted by Gasteiger charge is 2.12. The maximum Gasteiger partial charge on any atom is 0.257 e. The number of hydrogen-bond donors (Lipinski definition) is 1. The molecule has 1 N–H and O–H groups in total. The Hall–Kier alpha value is -2.40. The van der Waals surface area contributed by atoms with Crippen LogP contribution in [0.4, 0.5) is 5.13 Å². The summed E-state index contributed by atoms with van der Waals surface area (Å²) in [5, 5.41) is 3.44. The lowest BCUT2D eigenvalue weighted by atomic mass is 10.1. The molecule has 5 heteroatoms. The molecule has 3 rings (SSSR count). The molecule has 2 aromatic carbocycles. The number of fused-ring (bicyclic) bond motifs is 1. The van der Waals surface area contributed by atoms with Crippen LogP contribution in [0.2, 0.25) is 0 Å². The van der Waals surface area contributed by atoms with Crippen LogP contribution in [-0.4, -0.2) is 18.0 Å². The van der Waals surface area contributed by atoms with Crippen molar-refractivity contribution in [3.8, 4) is 5.75 Å². The van der Waals surface area contributed by atoms with Crippen LogP contribution in [-0.2, 0) is 0 Å². The third-order valence-electron chi connectivity index (χ3n) is 3.31. The van der Waals surface area contributed by atoms with Crippen LogP contribution in [0.1, 0.15) is 21.5 Å². The lowest BCUT2D eigenvalue weighted by Gasteiger charge is -2.04. The summed E-state index contributed by atoms with van der Waals surface area (Å²) in [6.45, 7) is 3.96. The normalized spacial score (nSPS) is 10.7. The molecule has 0 radical (unpaired) electrons. The Morgan fingerprint density at radius 3 is 2.59 bits per heavy atom. The minimum atomic E-state index is -0.148. The number of amides is 1. The third-order valence-corrected chi connectivity index (χ3v) is 4.24. The maximum absolute atomic E-state index is 12.4. The minimum absolute atomic E-state index is 0.148. The smallest absolute Gasteiger partial charge is 0.257 e. The largest absolute Gasteiger partial charge is 0.494 e. The Kier molecular flexibility index (Phi) is 3.81. The van der Waals surface area contributed by atoms with Crippen molar-refractivity contribution in [2.24, 2.45) is 0 Å². The first-order valence-electron chi connectivity index (χ1n) is 6.90. The first kappa shape index (κ1) is 14.5. The Labute approximate surface area is 132 Å². The fourth-order valence-electron chi connectivity index (χ4n) is 2.42. The second-order valence-electron chi connectivity index (χ2n) is 5.16. The average Bonchev–Trinajstić information content (AvgIpc) is 2.88. The van der Waals surface area contributed by atoms with E-state index in [4.69, 9.17) is 4.74 Å². The van der Waals surface area contributed by atoms with Crippen LogP contribution in [0.5, 0.6) is 5.75 Å². The Balaban J connectivity index is 1.91. The van der Waals surface area contributed by atoms with Crippen molar-refractivity contribution in [2.75, 3.05) is 12.4 Å². The monoisotopic (exact) mass is 312 g/mol. The van der Waals surface area contributed by atoms with Gasteiger partial charge in [-0.05, 0) is 38.1 Å². The van der Waals surface area contributed by atoms with Gasteiger partial charge in [-0.25, -0.2) is 4.98 Å². The van der Waals surface area contributed by atoms with Gasteiger partial charge in [-0.2, -0.15) is 0 Å². The number of carbonyl (C=O) groups is 1. The van der Waals surface area contributed by atoms with Gasteiger partial charge in [0.15, 0.2) is 5.13 Å². The molecule has 0 spiro atoms. The zero-order valence-corrected chi connectivity index (χ0v) is 13.5. The SMILES string of the molecule is COc1cccc2sc(NC(=O)c3cc(C)cc(C)c3)nc12. The lowest BCUT2D eigenvalue weighted by molar-refractivity contribution is 0.102. The molecular formula is C17H16N2O2S. The molecule has 1 aromatic heterocycles. The number of carbonyl (C=O) groups excluding carboxylic acids is 1. The minimum Gasteiger partial charge on any atom is -0.494 e. The van der Waals surface area contributed by atoms with Gasteiger partial charge in [0, 0.05) is 5.56 Å².